The maximum atomic E-state index is 13.2. The molecule has 1 aliphatic heterocycles. The van der Waals surface area contributed by atoms with Crippen LogP contribution in [0.4, 0.5) is 4.39 Å². The van der Waals surface area contributed by atoms with Crippen molar-refractivity contribution in [1.29, 1.82) is 0 Å². The van der Waals surface area contributed by atoms with E-state index in [4.69, 9.17) is 9.47 Å². The van der Waals surface area contributed by atoms with Gasteiger partial charge in [-0.2, -0.15) is 0 Å². The van der Waals surface area contributed by atoms with Gasteiger partial charge in [-0.25, -0.2) is 4.39 Å². The van der Waals surface area contributed by atoms with Crippen LogP contribution in [0.2, 0.25) is 0 Å². The van der Waals surface area contributed by atoms with Crippen LogP contribution in [0.15, 0.2) is 66.7 Å². The first kappa shape index (κ1) is 23.3. The third kappa shape index (κ3) is 5.73. The molecule has 1 fully saturated rings. The fourth-order valence-corrected chi connectivity index (χ4v) is 4.50. The Morgan fingerprint density at radius 2 is 1.39 bits per heavy atom. The lowest BCUT2D eigenvalue weighted by Crippen LogP contribution is -2.47. The molecule has 174 valence electrons. The van der Waals surface area contributed by atoms with Gasteiger partial charge in [-0.3, -0.25) is 4.90 Å². The molecule has 0 aliphatic carbocycles. The van der Waals surface area contributed by atoms with Gasteiger partial charge in [0.05, 0.1) is 14.2 Å². The number of nitrogens with zero attached hydrogens (tertiary/aromatic N) is 2. The molecule has 0 bridgehead atoms. The molecule has 5 heteroatoms. The Balaban J connectivity index is 1.28. The SMILES string of the molecule is COc1ccc(CCN2CCN(C(C)c3ccc(-c4ccc(F)cc4)cc3)CC2)cc1OC. The van der Waals surface area contributed by atoms with Crippen LogP contribution in [0.25, 0.3) is 11.1 Å². The second-order valence-electron chi connectivity index (χ2n) is 8.62. The van der Waals surface area contributed by atoms with Crippen molar-refractivity contribution in [2.45, 2.75) is 19.4 Å². The number of hydrogen-bond donors (Lipinski definition) is 0. The monoisotopic (exact) mass is 448 g/mol. The van der Waals surface area contributed by atoms with E-state index in [0.29, 0.717) is 6.04 Å². The number of rotatable bonds is 8. The third-order valence-electron chi connectivity index (χ3n) is 6.69. The van der Waals surface area contributed by atoms with E-state index in [9.17, 15) is 4.39 Å². The summed E-state index contributed by atoms with van der Waals surface area (Å²) in [6, 6.07) is 21.9. The molecular weight excluding hydrogens is 415 g/mol. The summed E-state index contributed by atoms with van der Waals surface area (Å²) in [5.74, 6) is 1.36. The standard InChI is InChI=1S/C28H33FN2O2/c1-21(23-5-7-24(8-6-23)25-9-11-26(29)12-10-25)31-18-16-30(17-19-31)15-14-22-4-13-27(32-2)28(20-22)33-3/h4-13,20-21H,14-19H2,1-3H3. The topological polar surface area (TPSA) is 24.9 Å². The molecule has 3 aromatic rings. The van der Waals surface area contributed by atoms with Crippen molar-refractivity contribution in [3.63, 3.8) is 0 Å². The van der Waals surface area contributed by atoms with E-state index >= 15 is 0 Å². The summed E-state index contributed by atoms with van der Waals surface area (Å²) in [6.07, 6.45) is 1.00. The summed E-state index contributed by atoms with van der Waals surface area (Å²) in [7, 11) is 3.34. The predicted molar refractivity (Wildman–Crippen MR) is 132 cm³/mol. The van der Waals surface area contributed by atoms with Gasteiger partial charge in [0.15, 0.2) is 11.5 Å². The molecule has 1 heterocycles. The molecule has 0 aromatic heterocycles. The highest BCUT2D eigenvalue weighted by molar-refractivity contribution is 5.63. The summed E-state index contributed by atoms with van der Waals surface area (Å²) in [4.78, 5) is 5.09. The zero-order valence-corrected chi connectivity index (χ0v) is 19.8. The zero-order valence-electron chi connectivity index (χ0n) is 19.8. The van der Waals surface area contributed by atoms with Crippen LogP contribution in [0.3, 0.4) is 0 Å². The minimum atomic E-state index is -0.202. The van der Waals surface area contributed by atoms with Crippen molar-refractivity contribution in [3.8, 4) is 22.6 Å². The molecular formula is C28H33FN2O2. The first-order valence-corrected chi connectivity index (χ1v) is 11.6. The van der Waals surface area contributed by atoms with Crippen LogP contribution in [-0.2, 0) is 6.42 Å². The van der Waals surface area contributed by atoms with Gasteiger partial charge in [-0.15, -0.1) is 0 Å². The van der Waals surface area contributed by atoms with Crippen LogP contribution in [-0.4, -0.2) is 56.7 Å². The highest BCUT2D eigenvalue weighted by Crippen LogP contribution is 2.28. The number of halogens is 1. The molecule has 3 aromatic carbocycles. The molecule has 0 saturated carbocycles. The molecule has 1 atom stereocenters. The van der Waals surface area contributed by atoms with Crippen molar-refractivity contribution in [1.82, 2.24) is 9.80 Å². The van der Waals surface area contributed by atoms with Gasteiger partial charge < -0.3 is 14.4 Å². The van der Waals surface area contributed by atoms with Gasteiger partial charge in [0, 0.05) is 38.8 Å². The Bertz CT molecular complexity index is 1030. The van der Waals surface area contributed by atoms with Crippen molar-refractivity contribution >= 4 is 0 Å². The summed E-state index contributed by atoms with van der Waals surface area (Å²) in [5, 5.41) is 0. The zero-order chi connectivity index (χ0) is 23.2. The van der Waals surface area contributed by atoms with Gasteiger partial charge in [-0.1, -0.05) is 42.5 Å². The second-order valence-corrected chi connectivity index (χ2v) is 8.62. The van der Waals surface area contributed by atoms with E-state index in [1.165, 1.54) is 23.3 Å². The Kier molecular flexibility index (Phi) is 7.63. The Labute approximate surface area is 196 Å². The number of benzene rings is 3. The summed E-state index contributed by atoms with van der Waals surface area (Å²) >= 11 is 0. The van der Waals surface area contributed by atoms with Crippen LogP contribution >= 0.6 is 0 Å². The lowest BCUT2D eigenvalue weighted by Gasteiger charge is -2.38. The van der Waals surface area contributed by atoms with E-state index in [-0.39, 0.29) is 5.82 Å². The molecule has 1 aliphatic rings. The predicted octanol–water partition coefficient (Wildman–Crippen LogP) is 5.43. The van der Waals surface area contributed by atoms with Crippen LogP contribution in [0, 0.1) is 5.82 Å². The molecule has 4 rings (SSSR count). The van der Waals surface area contributed by atoms with Crippen molar-refractivity contribution in [2.75, 3.05) is 46.9 Å². The molecule has 1 saturated heterocycles. The summed E-state index contributed by atoms with van der Waals surface area (Å²) in [5.41, 5.74) is 4.74. The van der Waals surface area contributed by atoms with Gasteiger partial charge in [-0.05, 0) is 59.9 Å². The van der Waals surface area contributed by atoms with Gasteiger partial charge in [0.1, 0.15) is 5.82 Å². The van der Waals surface area contributed by atoms with Crippen molar-refractivity contribution in [2.24, 2.45) is 0 Å². The Morgan fingerprint density at radius 1 is 0.788 bits per heavy atom. The van der Waals surface area contributed by atoms with E-state index in [0.717, 1.165) is 61.8 Å². The number of piperazine rings is 1. The molecule has 33 heavy (non-hydrogen) atoms. The lowest BCUT2D eigenvalue weighted by molar-refractivity contribution is 0.103. The molecule has 4 nitrogen and oxygen atoms in total. The number of hydrogen-bond acceptors (Lipinski definition) is 4. The van der Waals surface area contributed by atoms with E-state index in [1.54, 1.807) is 14.2 Å². The van der Waals surface area contributed by atoms with Crippen LogP contribution in [0.1, 0.15) is 24.1 Å². The summed E-state index contributed by atoms with van der Waals surface area (Å²) in [6.45, 7) is 7.60. The molecule has 0 amide bonds. The average Bonchev–Trinajstić information content (AvgIpc) is 2.87. The fraction of sp³-hybridized carbons (Fsp3) is 0.357. The largest absolute Gasteiger partial charge is 0.493 e. The molecule has 0 spiro atoms. The summed E-state index contributed by atoms with van der Waals surface area (Å²) < 4.78 is 23.9. The van der Waals surface area contributed by atoms with E-state index in [1.807, 2.05) is 18.2 Å². The smallest absolute Gasteiger partial charge is 0.160 e. The van der Waals surface area contributed by atoms with Gasteiger partial charge in [0.25, 0.3) is 0 Å². The number of ether oxygens (including phenoxy) is 2. The Morgan fingerprint density at radius 3 is 2.00 bits per heavy atom. The minimum absolute atomic E-state index is 0.202. The maximum absolute atomic E-state index is 13.2. The quantitative estimate of drug-likeness (QED) is 0.459. The van der Waals surface area contributed by atoms with E-state index in [2.05, 4.69) is 53.1 Å². The molecule has 1 unspecified atom stereocenters. The highest BCUT2D eigenvalue weighted by Gasteiger charge is 2.22. The van der Waals surface area contributed by atoms with Crippen molar-refractivity contribution < 1.29 is 13.9 Å². The Hall–Kier alpha value is -2.89. The van der Waals surface area contributed by atoms with Gasteiger partial charge in [0.2, 0.25) is 0 Å². The fourth-order valence-electron chi connectivity index (χ4n) is 4.50. The lowest BCUT2D eigenvalue weighted by atomic mass is 10.0. The van der Waals surface area contributed by atoms with Crippen molar-refractivity contribution in [3.05, 3.63) is 83.7 Å². The number of methoxy groups -OCH3 is 2. The van der Waals surface area contributed by atoms with Gasteiger partial charge >= 0.3 is 0 Å². The highest BCUT2D eigenvalue weighted by atomic mass is 19.1. The normalized spacial score (nSPS) is 15.9. The molecule has 0 radical (unpaired) electrons. The molecule has 0 N–H and O–H groups in total. The van der Waals surface area contributed by atoms with Crippen LogP contribution in [0.5, 0.6) is 11.5 Å². The first-order chi connectivity index (χ1) is 16.1. The van der Waals surface area contributed by atoms with Crippen LogP contribution < -0.4 is 9.47 Å². The third-order valence-corrected chi connectivity index (χ3v) is 6.69. The second kappa shape index (κ2) is 10.8. The minimum Gasteiger partial charge on any atom is -0.493 e. The maximum Gasteiger partial charge on any atom is 0.160 e. The first-order valence-electron chi connectivity index (χ1n) is 11.6. The van der Waals surface area contributed by atoms with E-state index < -0.39 is 0 Å². The average molecular weight is 449 g/mol.